The van der Waals surface area contributed by atoms with Gasteiger partial charge < -0.3 is 5.32 Å². The summed E-state index contributed by atoms with van der Waals surface area (Å²) in [5, 5.41) is 11.9. The first-order valence-corrected chi connectivity index (χ1v) is 9.06. The largest absolute Gasteiger partial charge is 0.323 e. The molecule has 2 rings (SSSR count). The van der Waals surface area contributed by atoms with Crippen LogP contribution >= 0.6 is 11.6 Å². The molecule has 2 aromatic carbocycles. The van der Waals surface area contributed by atoms with Crippen molar-refractivity contribution in [3.63, 3.8) is 0 Å². The van der Waals surface area contributed by atoms with Gasteiger partial charge >= 0.3 is 0 Å². The van der Waals surface area contributed by atoms with Gasteiger partial charge in [-0.1, -0.05) is 29.8 Å². The summed E-state index contributed by atoms with van der Waals surface area (Å²) in [5.74, 6) is -0.545. The number of hydrogen-bond donors (Lipinski definition) is 1. The van der Waals surface area contributed by atoms with Gasteiger partial charge in [-0.3, -0.25) is 9.10 Å². The standard InChI is InChI=1S/C16H14ClN3O3S/c1-24(22,23)20(13-6-4-5-12(9-13)10-18)11-16(21)19-15-8-3-2-7-14(15)17/h2-9H,11H2,1H3,(H,19,21). The van der Waals surface area contributed by atoms with Crippen LogP contribution in [0.3, 0.4) is 0 Å². The van der Waals surface area contributed by atoms with Gasteiger partial charge in [0.2, 0.25) is 15.9 Å². The van der Waals surface area contributed by atoms with E-state index in [1.807, 2.05) is 6.07 Å². The first-order chi connectivity index (χ1) is 11.3. The second kappa shape index (κ2) is 7.34. The third kappa shape index (κ3) is 4.47. The summed E-state index contributed by atoms with van der Waals surface area (Å²) in [4.78, 5) is 12.2. The van der Waals surface area contributed by atoms with E-state index in [0.717, 1.165) is 10.6 Å². The Morgan fingerprint density at radius 2 is 1.96 bits per heavy atom. The SMILES string of the molecule is CS(=O)(=O)N(CC(=O)Nc1ccccc1Cl)c1cccc(C#N)c1. The number of halogens is 1. The summed E-state index contributed by atoms with van der Waals surface area (Å²) in [7, 11) is -3.71. The van der Waals surface area contributed by atoms with E-state index in [4.69, 9.17) is 16.9 Å². The molecule has 0 spiro atoms. The zero-order chi connectivity index (χ0) is 17.7. The number of amides is 1. The number of carbonyl (C=O) groups excluding carboxylic acids is 1. The summed E-state index contributed by atoms with van der Waals surface area (Å²) in [6.07, 6.45) is 0.995. The van der Waals surface area contributed by atoms with Crippen LogP contribution in [0.15, 0.2) is 48.5 Å². The quantitative estimate of drug-likeness (QED) is 0.884. The summed E-state index contributed by atoms with van der Waals surface area (Å²) < 4.78 is 25.0. The Bertz CT molecular complexity index is 907. The number of sulfonamides is 1. The molecule has 0 atom stereocenters. The fourth-order valence-corrected chi connectivity index (χ4v) is 3.04. The zero-order valence-electron chi connectivity index (χ0n) is 12.7. The molecule has 124 valence electrons. The highest BCUT2D eigenvalue weighted by Crippen LogP contribution is 2.22. The maximum atomic E-state index is 12.2. The summed E-state index contributed by atoms with van der Waals surface area (Å²) >= 11 is 5.97. The smallest absolute Gasteiger partial charge is 0.245 e. The lowest BCUT2D eigenvalue weighted by atomic mass is 10.2. The molecule has 0 aliphatic heterocycles. The average Bonchev–Trinajstić information content (AvgIpc) is 2.54. The van der Waals surface area contributed by atoms with E-state index in [1.54, 1.807) is 36.4 Å². The molecule has 24 heavy (non-hydrogen) atoms. The number of rotatable bonds is 5. The molecule has 2 aromatic rings. The number of para-hydroxylation sites is 1. The molecule has 0 aliphatic rings. The van der Waals surface area contributed by atoms with Crippen LogP contribution in [0.2, 0.25) is 5.02 Å². The number of nitrogens with zero attached hydrogens (tertiary/aromatic N) is 2. The van der Waals surface area contributed by atoms with Crippen LogP contribution in [-0.2, 0) is 14.8 Å². The van der Waals surface area contributed by atoms with Gasteiger partial charge in [-0.2, -0.15) is 5.26 Å². The van der Waals surface area contributed by atoms with E-state index in [9.17, 15) is 13.2 Å². The van der Waals surface area contributed by atoms with Crippen LogP contribution in [-0.4, -0.2) is 27.1 Å². The predicted octanol–water partition coefficient (Wildman–Crippen LogP) is 2.62. The van der Waals surface area contributed by atoms with E-state index in [2.05, 4.69) is 5.32 Å². The number of carbonyl (C=O) groups is 1. The Morgan fingerprint density at radius 3 is 2.58 bits per heavy atom. The van der Waals surface area contributed by atoms with Crippen molar-refractivity contribution in [3.05, 3.63) is 59.1 Å². The van der Waals surface area contributed by atoms with Crippen LogP contribution in [0, 0.1) is 11.3 Å². The molecule has 0 heterocycles. The van der Waals surface area contributed by atoms with Crippen molar-refractivity contribution in [2.24, 2.45) is 0 Å². The van der Waals surface area contributed by atoms with E-state index < -0.39 is 22.5 Å². The lowest BCUT2D eigenvalue weighted by molar-refractivity contribution is -0.114. The Kier molecular flexibility index (Phi) is 5.44. The maximum Gasteiger partial charge on any atom is 0.245 e. The zero-order valence-corrected chi connectivity index (χ0v) is 14.3. The van der Waals surface area contributed by atoms with Crippen LogP contribution in [0.5, 0.6) is 0 Å². The highest BCUT2D eigenvalue weighted by atomic mass is 35.5. The molecule has 0 saturated heterocycles. The average molecular weight is 364 g/mol. The van der Waals surface area contributed by atoms with Crippen molar-refractivity contribution >= 4 is 38.9 Å². The van der Waals surface area contributed by atoms with Gasteiger partial charge in [0.1, 0.15) is 6.54 Å². The number of nitrogens with one attached hydrogen (secondary N) is 1. The summed E-state index contributed by atoms with van der Waals surface area (Å²) in [6, 6.07) is 14.6. The van der Waals surface area contributed by atoms with Crippen molar-refractivity contribution in [2.75, 3.05) is 22.4 Å². The monoisotopic (exact) mass is 363 g/mol. The first-order valence-electron chi connectivity index (χ1n) is 6.83. The lowest BCUT2D eigenvalue weighted by Crippen LogP contribution is -2.37. The van der Waals surface area contributed by atoms with Crippen molar-refractivity contribution in [1.82, 2.24) is 0 Å². The van der Waals surface area contributed by atoms with E-state index in [1.165, 1.54) is 12.1 Å². The molecule has 0 aromatic heterocycles. The molecule has 0 fully saturated rings. The molecule has 0 saturated carbocycles. The highest BCUT2D eigenvalue weighted by molar-refractivity contribution is 7.92. The number of nitriles is 1. The second-order valence-corrected chi connectivity index (χ2v) is 7.27. The predicted molar refractivity (Wildman–Crippen MR) is 93.4 cm³/mol. The molecule has 8 heteroatoms. The molecular formula is C16H14ClN3O3S. The molecule has 0 unspecified atom stereocenters. The fourth-order valence-electron chi connectivity index (χ4n) is 2.01. The summed E-state index contributed by atoms with van der Waals surface area (Å²) in [6.45, 7) is -0.432. The Balaban J connectivity index is 2.25. The van der Waals surface area contributed by atoms with E-state index >= 15 is 0 Å². The Labute approximate surface area is 145 Å². The molecule has 0 radical (unpaired) electrons. The summed E-state index contributed by atoms with van der Waals surface area (Å²) in [5.41, 5.74) is 0.932. The van der Waals surface area contributed by atoms with Crippen molar-refractivity contribution < 1.29 is 13.2 Å². The lowest BCUT2D eigenvalue weighted by Gasteiger charge is -2.22. The van der Waals surface area contributed by atoms with E-state index in [-0.39, 0.29) is 5.69 Å². The van der Waals surface area contributed by atoms with Gasteiger partial charge in [0.05, 0.1) is 34.3 Å². The first kappa shape index (κ1) is 17.8. The van der Waals surface area contributed by atoms with Crippen molar-refractivity contribution in [1.29, 1.82) is 5.26 Å². The van der Waals surface area contributed by atoms with Crippen LogP contribution in [0.25, 0.3) is 0 Å². The van der Waals surface area contributed by atoms with Gasteiger partial charge in [-0.25, -0.2) is 8.42 Å². The van der Waals surface area contributed by atoms with Gasteiger partial charge in [0, 0.05) is 0 Å². The molecular weight excluding hydrogens is 350 g/mol. The fraction of sp³-hybridized carbons (Fsp3) is 0.125. The Hall–Kier alpha value is -2.56. The van der Waals surface area contributed by atoms with Gasteiger partial charge in [0.15, 0.2) is 0 Å². The number of hydrogen-bond acceptors (Lipinski definition) is 4. The number of anilines is 2. The normalized spacial score (nSPS) is 10.7. The topological polar surface area (TPSA) is 90.3 Å². The molecule has 6 nitrogen and oxygen atoms in total. The number of benzene rings is 2. The van der Waals surface area contributed by atoms with E-state index in [0.29, 0.717) is 16.3 Å². The van der Waals surface area contributed by atoms with Crippen LogP contribution < -0.4 is 9.62 Å². The third-order valence-electron chi connectivity index (χ3n) is 3.10. The molecule has 0 bridgehead atoms. The molecule has 0 aliphatic carbocycles. The Morgan fingerprint density at radius 1 is 1.25 bits per heavy atom. The van der Waals surface area contributed by atoms with Crippen LogP contribution in [0.4, 0.5) is 11.4 Å². The van der Waals surface area contributed by atoms with Gasteiger partial charge in [-0.15, -0.1) is 0 Å². The minimum Gasteiger partial charge on any atom is -0.323 e. The van der Waals surface area contributed by atoms with Crippen molar-refractivity contribution in [3.8, 4) is 6.07 Å². The molecule has 1 N–H and O–H groups in total. The van der Waals surface area contributed by atoms with Crippen LogP contribution in [0.1, 0.15) is 5.56 Å². The van der Waals surface area contributed by atoms with Gasteiger partial charge in [-0.05, 0) is 30.3 Å². The maximum absolute atomic E-state index is 12.2. The molecule has 1 amide bonds. The second-order valence-electron chi connectivity index (χ2n) is 4.96. The van der Waals surface area contributed by atoms with Gasteiger partial charge in [0.25, 0.3) is 0 Å². The highest BCUT2D eigenvalue weighted by Gasteiger charge is 2.21. The minimum absolute atomic E-state index is 0.242. The third-order valence-corrected chi connectivity index (χ3v) is 4.57. The van der Waals surface area contributed by atoms with Crippen molar-refractivity contribution in [2.45, 2.75) is 0 Å². The minimum atomic E-state index is -3.71.